The molecule has 0 bridgehead atoms. The van der Waals surface area contributed by atoms with Gasteiger partial charge in [0.1, 0.15) is 24.4 Å². The molecule has 29 heavy (non-hydrogen) atoms. The largest absolute Gasteiger partial charge is 0.394 e. The lowest BCUT2D eigenvalue weighted by Gasteiger charge is -2.30. The van der Waals surface area contributed by atoms with Crippen LogP contribution >= 0.6 is 0 Å². The number of rotatable bonds is 19. The quantitative estimate of drug-likeness (QED) is 0.204. The van der Waals surface area contributed by atoms with Crippen molar-refractivity contribution in [1.29, 1.82) is 0 Å². The lowest BCUT2D eigenvalue weighted by atomic mass is 10.0. The molecule has 0 radical (unpaired) electrons. The molecule has 0 aliphatic carbocycles. The van der Waals surface area contributed by atoms with Crippen LogP contribution in [0.5, 0.6) is 0 Å². The fourth-order valence-electron chi connectivity index (χ4n) is 3.42. The van der Waals surface area contributed by atoms with Gasteiger partial charge in [0.05, 0.1) is 6.61 Å². The van der Waals surface area contributed by atoms with Crippen molar-refractivity contribution in [2.75, 3.05) is 19.7 Å². The molecule has 0 spiro atoms. The van der Waals surface area contributed by atoms with Crippen molar-refractivity contribution in [3.8, 4) is 0 Å². The van der Waals surface area contributed by atoms with Crippen molar-refractivity contribution in [3.63, 3.8) is 0 Å². The van der Waals surface area contributed by atoms with Crippen molar-refractivity contribution in [2.24, 2.45) is 0 Å². The van der Waals surface area contributed by atoms with E-state index < -0.39 is 31.0 Å². The lowest BCUT2D eigenvalue weighted by Crippen LogP contribution is -2.50. The Morgan fingerprint density at radius 1 is 0.724 bits per heavy atom. The maximum Gasteiger partial charge on any atom is 0.219 e. The first-order valence-electron chi connectivity index (χ1n) is 11.4. The van der Waals surface area contributed by atoms with Crippen molar-refractivity contribution in [2.45, 2.75) is 115 Å². The number of carbonyl (C=O) groups excluding carboxylic acids is 1. The number of nitrogens with zero attached hydrogens (tertiary/aromatic N) is 1. The van der Waals surface area contributed by atoms with Gasteiger partial charge in [-0.25, -0.2) is 0 Å². The molecule has 0 unspecified atom stereocenters. The minimum Gasteiger partial charge on any atom is -0.394 e. The van der Waals surface area contributed by atoms with Crippen LogP contribution in [0.4, 0.5) is 0 Å². The van der Waals surface area contributed by atoms with Crippen LogP contribution in [0.25, 0.3) is 0 Å². The van der Waals surface area contributed by atoms with E-state index in [1.165, 1.54) is 69.6 Å². The minimum absolute atomic E-state index is 0.121. The highest BCUT2D eigenvalue weighted by atomic mass is 16.4. The topological polar surface area (TPSA) is 121 Å². The molecule has 0 aromatic rings. The predicted octanol–water partition coefficient (Wildman–Crippen LogP) is 1.97. The Labute approximate surface area is 176 Å². The van der Waals surface area contributed by atoms with Crippen molar-refractivity contribution in [1.82, 2.24) is 4.90 Å². The summed E-state index contributed by atoms with van der Waals surface area (Å²) in [6.45, 7) is 3.27. The maximum atomic E-state index is 11.8. The maximum absolute atomic E-state index is 11.8. The van der Waals surface area contributed by atoms with Crippen LogP contribution in [0.3, 0.4) is 0 Å². The van der Waals surface area contributed by atoms with Gasteiger partial charge in [-0.2, -0.15) is 0 Å². The van der Waals surface area contributed by atoms with E-state index in [-0.39, 0.29) is 12.5 Å². The highest BCUT2D eigenvalue weighted by Gasteiger charge is 2.31. The Hall–Kier alpha value is -0.730. The van der Waals surface area contributed by atoms with Gasteiger partial charge in [-0.1, -0.05) is 77.6 Å². The van der Waals surface area contributed by atoms with E-state index in [0.29, 0.717) is 6.54 Å². The zero-order chi connectivity index (χ0) is 22.1. The third kappa shape index (κ3) is 14.0. The molecule has 0 aromatic carbocycles. The molecule has 0 saturated heterocycles. The second-order valence-electron chi connectivity index (χ2n) is 8.15. The summed E-state index contributed by atoms with van der Waals surface area (Å²) in [5, 5.41) is 47.8. The Balaban J connectivity index is 3.91. The molecular formula is C22H45NO6. The Bertz CT molecular complexity index is 395. The zero-order valence-corrected chi connectivity index (χ0v) is 18.5. The van der Waals surface area contributed by atoms with Crippen LogP contribution in [0, 0.1) is 0 Å². The van der Waals surface area contributed by atoms with Crippen LogP contribution in [-0.4, -0.2) is 80.5 Å². The number of unbranched alkanes of at least 4 members (excludes halogenated alkanes) is 11. The fraction of sp³-hybridized carbons (Fsp3) is 0.955. The van der Waals surface area contributed by atoms with Crippen LogP contribution in [0.1, 0.15) is 90.9 Å². The summed E-state index contributed by atoms with van der Waals surface area (Å²) < 4.78 is 0. The third-order valence-electron chi connectivity index (χ3n) is 5.46. The highest BCUT2D eigenvalue weighted by Crippen LogP contribution is 2.13. The van der Waals surface area contributed by atoms with E-state index >= 15 is 0 Å². The summed E-state index contributed by atoms with van der Waals surface area (Å²) in [7, 11) is 0. The van der Waals surface area contributed by atoms with Crippen LogP contribution in [0.2, 0.25) is 0 Å². The second kappa shape index (κ2) is 18.1. The molecule has 174 valence electrons. The van der Waals surface area contributed by atoms with Gasteiger partial charge < -0.3 is 30.4 Å². The number of amides is 1. The molecule has 0 aliphatic rings. The average Bonchev–Trinajstić information content (AvgIpc) is 2.71. The van der Waals surface area contributed by atoms with Gasteiger partial charge in [0, 0.05) is 20.0 Å². The summed E-state index contributed by atoms with van der Waals surface area (Å²) in [6, 6.07) is 0. The number of carbonyl (C=O) groups is 1. The molecule has 0 fully saturated rings. The fourth-order valence-corrected chi connectivity index (χ4v) is 3.42. The summed E-state index contributed by atoms with van der Waals surface area (Å²) in [5.41, 5.74) is 0. The van der Waals surface area contributed by atoms with Gasteiger partial charge in [0.25, 0.3) is 0 Å². The molecule has 0 saturated carbocycles. The molecule has 4 atom stereocenters. The standard InChI is InChI=1S/C22H45NO6/c1-3-4-5-6-7-8-9-10-11-12-13-14-15-23(18(2)25)16-19(26)21(28)22(29)20(27)17-24/h19-22,24,26-29H,3-17H2,1-2H3/t19-,20+,21+,22+/m0/s1. The molecule has 0 heterocycles. The Morgan fingerprint density at radius 2 is 1.14 bits per heavy atom. The van der Waals surface area contributed by atoms with E-state index in [9.17, 15) is 25.2 Å². The van der Waals surface area contributed by atoms with Crippen molar-refractivity contribution >= 4 is 5.91 Å². The number of hydrogen-bond donors (Lipinski definition) is 5. The van der Waals surface area contributed by atoms with E-state index in [1.54, 1.807) is 0 Å². The van der Waals surface area contributed by atoms with Gasteiger partial charge in [-0.15, -0.1) is 0 Å². The van der Waals surface area contributed by atoms with Crippen LogP contribution in [-0.2, 0) is 4.79 Å². The summed E-state index contributed by atoms with van der Waals surface area (Å²) >= 11 is 0. The van der Waals surface area contributed by atoms with Crippen LogP contribution < -0.4 is 0 Å². The molecule has 0 rings (SSSR count). The number of hydrogen-bond acceptors (Lipinski definition) is 6. The molecule has 1 amide bonds. The molecule has 5 N–H and O–H groups in total. The monoisotopic (exact) mass is 419 g/mol. The predicted molar refractivity (Wildman–Crippen MR) is 114 cm³/mol. The summed E-state index contributed by atoms with van der Waals surface area (Å²) in [4.78, 5) is 13.2. The number of aliphatic hydroxyl groups excluding tert-OH is 5. The van der Waals surface area contributed by atoms with E-state index in [0.717, 1.165) is 19.3 Å². The van der Waals surface area contributed by atoms with E-state index in [4.69, 9.17) is 5.11 Å². The molecule has 7 nitrogen and oxygen atoms in total. The summed E-state index contributed by atoms with van der Waals surface area (Å²) in [6.07, 6.45) is 8.44. The first kappa shape index (κ1) is 28.3. The zero-order valence-electron chi connectivity index (χ0n) is 18.5. The summed E-state index contributed by atoms with van der Waals surface area (Å²) in [5.74, 6) is -0.212. The van der Waals surface area contributed by atoms with Crippen LogP contribution in [0.15, 0.2) is 0 Å². The smallest absolute Gasteiger partial charge is 0.219 e. The SMILES string of the molecule is CCCCCCCCCCCCCCN(C[C@H](O)[C@@H](O)[C@H](O)[C@H](O)CO)C(C)=O. The van der Waals surface area contributed by atoms with Gasteiger partial charge >= 0.3 is 0 Å². The average molecular weight is 420 g/mol. The lowest BCUT2D eigenvalue weighted by molar-refractivity contribution is -0.138. The molecule has 7 heteroatoms. The first-order valence-corrected chi connectivity index (χ1v) is 11.4. The van der Waals surface area contributed by atoms with Gasteiger partial charge in [0.15, 0.2) is 0 Å². The Kier molecular flexibility index (Phi) is 17.6. The van der Waals surface area contributed by atoms with Crippen molar-refractivity contribution < 1.29 is 30.3 Å². The van der Waals surface area contributed by atoms with Gasteiger partial charge in [-0.05, 0) is 6.42 Å². The van der Waals surface area contributed by atoms with E-state index in [2.05, 4.69) is 6.92 Å². The van der Waals surface area contributed by atoms with Gasteiger partial charge in [0.2, 0.25) is 5.91 Å². The second-order valence-corrected chi connectivity index (χ2v) is 8.15. The Morgan fingerprint density at radius 3 is 1.55 bits per heavy atom. The van der Waals surface area contributed by atoms with E-state index in [1.807, 2.05) is 0 Å². The highest BCUT2D eigenvalue weighted by molar-refractivity contribution is 5.73. The normalized spacial score (nSPS) is 15.7. The van der Waals surface area contributed by atoms with Crippen molar-refractivity contribution in [3.05, 3.63) is 0 Å². The molecular weight excluding hydrogens is 374 g/mol. The molecule has 0 aromatic heterocycles. The van der Waals surface area contributed by atoms with Gasteiger partial charge in [-0.3, -0.25) is 4.79 Å². The third-order valence-corrected chi connectivity index (χ3v) is 5.46. The molecule has 0 aliphatic heterocycles. The first-order chi connectivity index (χ1) is 13.8. The minimum atomic E-state index is -1.67. The number of aliphatic hydroxyl groups is 5.